The first-order chi connectivity index (χ1) is 13.4. The number of benzene rings is 2. The Morgan fingerprint density at radius 1 is 1.07 bits per heavy atom. The summed E-state index contributed by atoms with van der Waals surface area (Å²) in [5.41, 5.74) is 6.49. The van der Waals surface area contributed by atoms with Crippen LogP contribution >= 0.6 is 11.6 Å². The maximum absolute atomic E-state index is 12.0. The molecule has 0 fully saturated rings. The Labute approximate surface area is 169 Å². The summed E-state index contributed by atoms with van der Waals surface area (Å²) in [7, 11) is 0. The van der Waals surface area contributed by atoms with Gasteiger partial charge in [0, 0.05) is 10.6 Å². The Kier molecular flexibility index (Phi) is 6.16. The molecule has 0 aliphatic heterocycles. The average Bonchev–Trinajstić information content (AvgIpc) is 3.14. The van der Waals surface area contributed by atoms with Gasteiger partial charge >= 0.3 is 0 Å². The van der Waals surface area contributed by atoms with E-state index in [1.54, 1.807) is 18.2 Å². The molecule has 5 nitrogen and oxygen atoms in total. The lowest BCUT2D eigenvalue weighted by Crippen LogP contribution is -2.25. The van der Waals surface area contributed by atoms with Crippen LogP contribution in [0.2, 0.25) is 5.02 Å². The predicted octanol–water partition coefficient (Wildman–Crippen LogP) is 5.05. The molecule has 0 aliphatic carbocycles. The Morgan fingerprint density at radius 2 is 1.79 bits per heavy atom. The van der Waals surface area contributed by atoms with Gasteiger partial charge in [0.1, 0.15) is 17.3 Å². The second-order valence-corrected chi connectivity index (χ2v) is 6.88. The van der Waals surface area contributed by atoms with Crippen molar-refractivity contribution in [2.45, 2.75) is 20.8 Å². The monoisotopic (exact) mass is 396 g/mol. The summed E-state index contributed by atoms with van der Waals surface area (Å²) in [6, 6.07) is 14.9. The summed E-state index contributed by atoms with van der Waals surface area (Å²) in [6.07, 6.45) is 1.44. The topological polar surface area (TPSA) is 63.8 Å². The van der Waals surface area contributed by atoms with E-state index in [1.807, 2.05) is 51.1 Å². The van der Waals surface area contributed by atoms with Crippen LogP contribution in [0.25, 0.3) is 11.3 Å². The van der Waals surface area contributed by atoms with Crippen LogP contribution in [0.15, 0.2) is 58.0 Å². The fraction of sp³-hybridized carbons (Fsp3) is 0.182. The zero-order chi connectivity index (χ0) is 20.1. The number of ether oxygens (including phenoxy) is 1. The molecule has 0 unspecified atom stereocenters. The Bertz CT molecular complexity index is 1010. The number of hydrogen-bond donors (Lipinski definition) is 1. The summed E-state index contributed by atoms with van der Waals surface area (Å²) in [4.78, 5) is 12.0. The molecule has 6 heteroatoms. The maximum Gasteiger partial charge on any atom is 0.277 e. The third-order valence-electron chi connectivity index (χ3n) is 4.36. The number of hydrogen-bond acceptors (Lipinski definition) is 4. The van der Waals surface area contributed by atoms with Crippen molar-refractivity contribution in [2.24, 2.45) is 5.10 Å². The molecule has 0 atom stereocenters. The molecule has 3 rings (SSSR count). The smallest absolute Gasteiger partial charge is 0.277 e. The standard InChI is InChI=1S/C22H21ClN2O3/c1-14-4-5-15(2)22(16(14)3)27-13-21(26)25-24-12-19-10-11-20(28-19)17-6-8-18(23)9-7-17/h4-12H,13H2,1-3H3,(H,25,26)/b24-12-. The van der Waals surface area contributed by atoms with E-state index in [0.717, 1.165) is 28.0 Å². The van der Waals surface area contributed by atoms with Crippen LogP contribution in [0.5, 0.6) is 5.75 Å². The molecule has 3 aromatic rings. The number of nitrogens with zero attached hydrogens (tertiary/aromatic N) is 1. The van der Waals surface area contributed by atoms with E-state index < -0.39 is 0 Å². The van der Waals surface area contributed by atoms with Crippen molar-refractivity contribution >= 4 is 23.7 Å². The number of rotatable bonds is 6. The third-order valence-corrected chi connectivity index (χ3v) is 4.61. The van der Waals surface area contributed by atoms with E-state index in [1.165, 1.54) is 6.21 Å². The summed E-state index contributed by atoms with van der Waals surface area (Å²) >= 11 is 5.89. The molecule has 0 bridgehead atoms. The largest absolute Gasteiger partial charge is 0.483 e. The van der Waals surface area contributed by atoms with Crippen molar-refractivity contribution in [1.29, 1.82) is 0 Å². The van der Waals surface area contributed by atoms with Gasteiger partial charge in [0.15, 0.2) is 6.61 Å². The van der Waals surface area contributed by atoms with E-state index in [2.05, 4.69) is 10.5 Å². The normalized spacial score (nSPS) is 11.0. The van der Waals surface area contributed by atoms with Crippen LogP contribution in [-0.4, -0.2) is 18.7 Å². The Hall–Kier alpha value is -3.05. The van der Waals surface area contributed by atoms with Crippen LogP contribution in [0.4, 0.5) is 0 Å². The van der Waals surface area contributed by atoms with E-state index in [4.69, 9.17) is 20.8 Å². The van der Waals surface area contributed by atoms with E-state index in [-0.39, 0.29) is 12.5 Å². The molecule has 1 heterocycles. The lowest BCUT2D eigenvalue weighted by atomic mass is 10.1. The number of halogens is 1. The minimum Gasteiger partial charge on any atom is -0.483 e. The van der Waals surface area contributed by atoms with E-state index >= 15 is 0 Å². The lowest BCUT2D eigenvalue weighted by molar-refractivity contribution is -0.123. The number of aryl methyl sites for hydroxylation is 2. The van der Waals surface area contributed by atoms with Crippen molar-refractivity contribution in [3.05, 3.63) is 76.0 Å². The molecule has 0 saturated carbocycles. The number of nitrogens with one attached hydrogen (secondary N) is 1. The van der Waals surface area contributed by atoms with Gasteiger partial charge in [-0.05, 0) is 73.9 Å². The van der Waals surface area contributed by atoms with Crippen LogP contribution < -0.4 is 10.2 Å². The van der Waals surface area contributed by atoms with Gasteiger partial charge in [0.2, 0.25) is 0 Å². The zero-order valence-corrected chi connectivity index (χ0v) is 16.7. The van der Waals surface area contributed by atoms with Gasteiger partial charge in [-0.15, -0.1) is 0 Å². The lowest BCUT2D eigenvalue weighted by Gasteiger charge is -2.13. The number of carbonyl (C=O) groups is 1. The Balaban J connectivity index is 1.54. The zero-order valence-electron chi connectivity index (χ0n) is 16.0. The molecule has 1 aromatic heterocycles. The summed E-state index contributed by atoms with van der Waals surface area (Å²) < 4.78 is 11.4. The van der Waals surface area contributed by atoms with Crippen LogP contribution in [0.3, 0.4) is 0 Å². The second-order valence-electron chi connectivity index (χ2n) is 6.44. The third kappa shape index (κ3) is 4.81. The van der Waals surface area contributed by atoms with Gasteiger partial charge in [0.05, 0.1) is 6.21 Å². The highest BCUT2D eigenvalue weighted by molar-refractivity contribution is 6.30. The van der Waals surface area contributed by atoms with Crippen molar-refractivity contribution in [3.8, 4) is 17.1 Å². The highest BCUT2D eigenvalue weighted by atomic mass is 35.5. The molecule has 0 radical (unpaired) electrons. The van der Waals surface area contributed by atoms with Crippen LogP contribution in [0, 0.1) is 20.8 Å². The summed E-state index contributed by atoms with van der Waals surface area (Å²) in [5.74, 6) is 1.61. The highest BCUT2D eigenvalue weighted by Crippen LogP contribution is 2.25. The minimum absolute atomic E-state index is 0.114. The molecular formula is C22H21ClN2O3. The van der Waals surface area contributed by atoms with Gasteiger partial charge in [-0.25, -0.2) is 5.43 Å². The first kappa shape index (κ1) is 19.7. The van der Waals surface area contributed by atoms with Crippen molar-refractivity contribution in [1.82, 2.24) is 5.43 Å². The first-order valence-corrected chi connectivity index (χ1v) is 9.19. The molecule has 1 amide bonds. The van der Waals surface area contributed by atoms with Crippen molar-refractivity contribution in [3.63, 3.8) is 0 Å². The van der Waals surface area contributed by atoms with Crippen LogP contribution in [-0.2, 0) is 4.79 Å². The fourth-order valence-corrected chi connectivity index (χ4v) is 2.80. The molecule has 144 valence electrons. The summed E-state index contributed by atoms with van der Waals surface area (Å²) in [5, 5.41) is 4.58. The van der Waals surface area contributed by atoms with Crippen molar-refractivity contribution < 1.29 is 13.9 Å². The van der Waals surface area contributed by atoms with Gasteiger partial charge in [-0.2, -0.15) is 5.10 Å². The highest BCUT2D eigenvalue weighted by Gasteiger charge is 2.09. The minimum atomic E-state index is -0.346. The van der Waals surface area contributed by atoms with Gasteiger partial charge in [-0.3, -0.25) is 4.79 Å². The molecule has 0 saturated heterocycles. The fourth-order valence-electron chi connectivity index (χ4n) is 2.68. The second kappa shape index (κ2) is 8.76. The maximum atomic E-state index is 12.0. The van der Waals surface area contributed by atoms with Crippen LogP contribution in [0.1, 0.15) is 22.5 Å². The van der Waals surface area contributed by atoms with E-state index in [0.29, 0.717) is 16.5 Å². The molecule has 0 aliphatic rings. The number of amides is 1. The SMILES string of the molecule is Cc1ccc(C)c(OCC(=O)N/N=C\c2ccc(-c3ccc(Cl)cc3)o2)c1C. The van der Waals surface area contributed by atoms with Gasteiger partial charge in [-0.1, -0.05) is 23.7 Å². The molecule has 0 spiro atoms. The summed E-state index contributed by atoms with van der Waals surface area (Å²) in [6.45, 7) is 5.82. The predicted molar refractivity (Wildman–Crippen MR) is 111 cm³/mol. The average molecular weight is 397 g/mol. The van der Waals surface area contributed by atoms with Gasteiger partial charge < -0.3 is 9.15 Å². The molecule has 28 heavy (non-hydrogen) atoms. The van der Waals surface area contributed by atoms with Crippen molar-refractivity contribution in [2.75, 3.05) is 6.61 Å². The first-order valence-electron chi connectivity index (χ1n) is 8.81. The van der Waals surface area contributed by atoms with E-state index in [9.17, 15) is 4.79 Å². The number of carbonyl (C=O) groups excluding carboxylic acids is 1. The Morgan fingerprint density at radius 3 is 2.54 bits per heavy atom. The number of hydrazone groups is 1. The molecule has 2 aromatic carbocycles. The molecular weight excluding hydrogens is 376 g/mol. The quantitative estimate of drug-likeness (QED) is 0.468. The van der Waals surface area contributed by atoms with Gasteiger partial charge in [0.25, 0.3) is 5.91 Å². The number of furan rings is 1. The molecule has 1 N–H and O–H groups in total.